The van der Waals surface area contributed by atoms with Crippen LogP contribution in [0.25, 0.3) is 0 Å². The van der Waals surface area contributed by atoms with E-state index < -0.39 is 0 Å². The average Bonchev–Trinajstić information content (AvgIpc) is 2.53. The van der Waals surface area contributed by atoms with Gasteiger partial charge in [-0.15, -0.1) is 0 Å². The Morgan fingerprint density at radius 2 is 2.16 bits per heavy atom. The van der Waals surface area contributed by atoms with E-state index in [2.05, 4.69) is 13.0 Å². The molecule has 0 atom stereocenters. The van der Waals surface area contributed by atoms with Gasteiger partial charge in [-0.3, -0.25) is 4.79 Å². The highest BCUT2D eigenvalue weighted by atomic mass is 32.2. The van der Waals surface area contributed by atoms with Crippen LogP contribution in [0, 0.1) is 5.82 Å². The maximum atomic E-state index is 13.3. The molecule has 1 aromatic rings. The van der Waals surface area contributed by atoms with Gasteiger partial charge in [0.2, 0.25) is 0 Å². The molecular formula is C16H13FOS. The third-order valence-electron chi connectivity index (χ3n) is 3.39. The van der Waals surface area contributed by atoms with Gasteiger partial charge < -0.3 is 0 Å². The molecule has 1 heterocycles. The molecule has 0 amide bonds. The predicted octanol–water partition coefficient (Wildman–Crippen LogP) is 4.66. The van der Waals surface area contributed by atoms with E-state index in [4.69, 9.17) is 0 Å². The molecule has 3 rings (SSSR count). The summed E-state index contributed by atoms with van der Waals surface area (Å²) >= 11 is 1.48. The number of carbonyl (C=O) groups is 1. The first-order valence-corrected chi connectivity index (χ1v) is 7.11. The van der Waals surface area contributed by atoms with Crippen LogP contribution in [0.5, 0.6) is 0 Å². The number of allylic oxidation sites excluding steroid dienone is 5. The number of thioether (sulfide) groups is 1. The quantitative estimate of drug-likeness (QED) is 0.739. The molecule has 0 spiro atoms. The number of hydrogen-bond acceptors (Lipinski definition) is 2. The molecular weight excluding hydrogens is 259 g/mol. The van der Waals surface area contributed by atoms with Gasteiger partial charge in [0.05, 0.1) is 0 Å². The Morgan fingerprint density at radius 1 is 1.32 bits per heavy atom. The lowest BCUT2D eigenvalue weighted by molar-refractivity contribution is 0.104. The third-order valence-corrected chi connectivity index (χ3v) is 4.57. The van der Waals surface area contributed by atoms with Crippen molar-refractivity contribution in [3.8, 4) is 0 Å². The normalized spacial score (nSPS) is 17.8. The molecule has 1 aliphatic heterocycles. The van der Waals surface area contributed by atoms with Crippen molar-refractivity contribution in [3.63, 3.8) is 0 Å². The van der Waals surface area contributed by atoms with Crippen molar-refractivity contribution < 1.29 is 9.18 Å². The van der Waals surface area contributed by atoms with Crippen LogP contribution in [-0.2, 0) is 0 Å². The van der Waals surface area contributed by atoms with Gasteiger partial charge in [0.15, 0.2) is 5.78 Å². The van der Waals surface area contributed by atoms with E-state index in [0.29, 0.717) is 10.5 Å². The van der Waals surface area contributed by atoms with E-state index in [1.807, 2.05) is 6.08 Å². The van der Waals surface area contributed by atoms with Gasteiger partial charge in [-0.2, -0.15) is 0 Å². The van der Waals surface area contributed by atoms with Gasteiger partial charge in [-0.05, 0) is 48.8 Å². The van der Waals surface area contributed by atoms with Crippen molar-refractivity contribution >= 4 is 17.5 Å². The Balaban J connectivity index is 2.09. The molecule has 1 aromatic carbocycles. The topological polar surface area (TPSA) is 17.1 Å². The fourth-order valence-electron chi connectivity index (χ4n) is 2.29. The number of fused-ring (bicyclic) bond motifs is 2. The number of hydrogen-bond donors (Lipinski definition) is 0. The van der Waals surface area contributed by atoms with Crippen LogP contribution in [0.3, 0.4) is 0 Å². The van der Waals surface area contributed by atoms with Crippen LogP contribution in [0.15, 0.2) is 57.4 Å². The molecule has 0 saturated heterocycles. The second-order valence-electron chi connectivity index (χ2n) is 4.66. The second kappa shape index (κ2) is 4.82. The molecule has 3 heteroatoms. The molecule has 0 unspecified atom stereocenters. The summed E-state index contributed by atoms with van der Waals surface area (Å²) < 4.78 is 13.3. The molecule has 0 aromatic heterocycles. The van der Waals surface area contributed by atoms with Crippen molar-refractivity contribution in [2.45, 2.75) is 24.7 Å². The lowest BCUT2D eigenvalue weighted by Crippen LogP contribution is -1.98. The molecule has 19 heavy (non-hydrogen) atoms. The van der Waals surface area contributed by atoms with Crippen molar-refractivity contribution in [1.82, 2.24) is 0 Å². The molecule has 1 aliphatic carbocycles. The molecule has 96 valence electrons. The van der Waals surface area contributed by atoms with Gasteiger partial charge in [0.25, 0.3) is 0 Å². The lowest BCUT2D eigenvalue weighted by atomic mass is 9.96. The van der Waals surface area contributed by atoms with Crippen LogP contribution in [-0.4, -0.2) is 5.78 Å². The number of carbonyl (C=O) groups excluding carboxylic acids is 1. The highest BCUT2D eigenvalue weighted by Crippen LogP contribution is 2.41. The van der Waals surface area contributed by atoms with Gasteiger partial charge in [-0.25, -0.2) is 4.39 Å². The molecule has 2 aliphatic rings. The fourth-order valence-corrected chi connectivity index (χ4v) is 3.38. The summed E-state index contributed by atoms with van der Waals surface area (Å²) in [7, 11) is 0. The Bertz CT molecular complexity index is 653. The summed E-state index contributed by atoms with van der Waals surface area (Å²) in [6.45, 7) is 2.11. The monoisotopic (exact) mass is 272 g/mol. The Morgan fingerprint density at radius 3 is 2.95 bits per heavy atom. The summed E-state index contributed by atoms with van der Waals surface area (Å²) in [5, 5.41) is 0. The van der Waals surface area contributed by atoms with Gasteiger partial charge in [-0.1, -0.05) is 30.3 Å². The van der Waals surface area contributed by atoms with Gasteiger partial charge in [0, 0.05) is 15.4 Å². The van der Waals surface area contributed by atoms with E-state index in [-0.39, 0.29) is 11.6 Å². The first kappa shape index (κ1) is 12.4. The minimum absolute atomic E-state index is 0.0294. The Kier molecular flexibility index (Phi) is 3.15. The van der Waals surface area contributed by atoms with E-state index in [0.717, 1.165) is 23.3 Å². The zero-order chi connectivity index (χ0) is 13.4. The van der Waals surface area contributed by atoms with E-state index in [1.165, 1.54) is 29.5 Å². The van der Waals surface area contributed by atoms with E-state index in [1.54, 1.807) is 12.1 Å². The number of halogens is 1. The molecule has 0 fully saturated rings. The van der Waals surface area contributed by atoms with E-state index >= 15 is 0 Å². The summed E-state index contributed by atoms with van der Waals surface area (Å²) in [5.74, 6) is -0.332. The first-order chi connectivity index (χ1) is 9.17. The first-order valence-electron chi connectivity index (χ1n) is 6.30. The Labute approximate surface area is 115 Å². The number of rotatable bonds is 1. The second-order valence-corrected chi connectivity index (χ2v) is 5.75. The SMILES string of the molecule is CCC1=CC=C2Sc3cc(F)ccc3C(=O)C=C2C1. The van der Waals surface area contributed by atoms with Crippen LogP contribution in [0.1, 0.15) is 30.1 Å². The standard InChI is InChI=1S/C16H13FOS/c1-2-10-3-6-15-11(7-10)8-14(18)13-5-4-12(17)9-16(13)19-15/h3-6,8-9H,2,7H2,1H3. The van der Waals surface area contributed by atoms with Crippen molar-refractivity contribution in [2.24, 2.45) is 0 Å². The largest absolute Gasteiger partial charge is 0.289 e. The van der Waals surface area contributed by atoms with Crippen molar-refractivity contribution in [3.05, 3.63) is 63.9 Å². The number of benzene rings is 1. The zero-order valence-corrected chi connectivity index (χ0v) is 11.4. The van der Waals surface area contributed by atoms with Crippen molar-refractivity contribution in [2.75, 3.05) is 0 Å². The summed E-state index contributed by atoms with van der Waals surface area (Å²) in [4.78, 5) is 14.0. The van der Waals surface area contributed by atoms with Gasteiger partial charge in [0.1, 0.15) is 5.82 Å². The third kappa shape index (κ3) is 2.30. The highest BCUT2D eigenvalue weighted by Gasteiger charge is 2.22. The maximum Gasteiger partial charge on any atom is 0.187 e. The fraction of sp³-hybridized carbons (Fsp3) is 0.188. The van der Waals surface area contributed by atoms with Crippen LogP contribution >= 0.6 is 11.8 Å². The summed E-state index contributed by atoms with van der Waals surface area (Å²) in [6, 6.07) is 4.35. The predicted molar refractivity (Wildman–Crippen MR) is 75.7 cm³/mol. The lowest BCUT2D eigenvalue weighted by Gasteiger charge is -2.15. The van der Waals surface area contributed by atoms with Crippen LogP contribution < -0.4 is 0 Å². The molecule has 1 nitrogen and oxygen atoms in total. The van der Waals surface area contributed by atoms with Crippen LogP contribution in [0.2, 0.25) is 0 Å². The van der Waals surface area contributed by atoms with Crippen molar-refractivity contribution in [1.29, 1.82) is 0 Å². The molecule has 0 N–H and O–H groups in total. The van der Waals surface area contributed by atoms with Crippen LogP contribution in [0.4, 0.5) is 4.39 Å². The molecule has 0 radical (unpaired) electrons. The summed E-state index contributed by atoms with van der Waals surface area (Å²) in [6.07, 6.45) is 7.64. The van der Waals surface area contributed by atoms with Gasteiger partial charge >= 0.3 is 0 Å². The average molecular weight is 272 g/mol. The maximum absolute atomic E-state index is 13.3. The minimum Gasteiger partial charge on any atom is -0.289 e. The number of ketones is 1. The Hall–Kier alpha value is -1.61. The highest BCUT2D eigenvalue weighted by molar-refractivity contribution is 8.03. The van der Waals surface area contributed by atoms with E-state index in [9.17, 15) is 9.18 Å². The smallest absolute Gasteiger partial charge is 0.187 e. The molecule has 0 saturated carbocycles. The zero-order valence-electron chi connectivity index (χ0n) is 10.6. The minimum atomic E-state index is -0.302. The molecule has 0 bridgehead atoms. The summed E-state index contributed by atoms with van der Waals surface area (Å²) in [5.41, 5.74) is 2.96.